The molecule has 0 unspecified atom stereocenters. The van der Waals surface area contributed by atoms with Gasteiger partial charge >= 0.3 is 0 Å². The van der Waals surface area contributed by atoms with E-state index in [1.54, 1.807) is 0 Å². The van der Waals surface area contributed by atoms with Crippen molar-refractivity contribution in [2.24, 2.45) is 17.2 Å². The van der Waals surface area contributed by atoms with Crippen LogP contribution in [0.25, 0.3) is 0 Å². The zero-order chi connectivity index (χ0) is 20.1. The molecule has 0 spiro atoms. The molecule has 150 valence electrons. The topological polar surface area (TPSA) is 165 Å². The normalized spacial score (nSPS) is 10.3. The number of nitrogens with one attached hydrogen (secondary N) is 3. The lowest BCUT2D eigenvalue weighted by atomic mass is 10.1. The Morgan fingerprint density at radius 3 is 1.67 bits per heavy atom. The van der Waals surface area contributed by atoms with Crippen LogP contribution in [0.5, 0.6) is 0 Å². The van der Waals surface area contributed by atoms with Gasteiger partial charge in [0.15, 0.2) is 0 Å². The summed E-state index contributed by atoms with van der Waals surface area (Å²) in [7, 11) is 0. The van der Waals surface area contributed by atoms with Gasteiger partial charge in [-0.1, -0.05) is 0 Å². The molecule has 0 aliphatic heterocycles. The number of nitrogens with two attached hydrogens (primary N) is 3. The summed E-state index contributed by atoms with van der Waals surface area (Å²) in [5.41, 5.74) is 17.2. The van der Waals surface area contributed by atoms with E-state index >= 15 is 0 Å². The summed E-state index contributed by atoms with van der Waals surface area (Å²) in [6.07, 6.45) is 2.11. The number of anilines is 1. The average molecular weight is 378 g/mol. The van der Waals surface area contributed by atoms with E-state index < -0.39 is 0 Å². The minimum absolute atomic E-state index is 0.226. The Morgan fingerprint density at radius 2 is 1.22 bits per heavy atom. The van der Waals surface area contributed by atoms with Gasteiger partial charge in [-0.25, -0.2) is 0 Å². The minimum atomic E-state index is -0.336. The van der Waals surface area contributed by atoms with Crippen LogP contribution in [0.2, 0.25) is 0 Å². The molecule has 0 saturated carbocycles. The molecule has 3 amide bonds. The molecule has 9 N–H and O–H groups in total. The van der Waals surface area contributed by atoms with E-state index in [9.17, 15) is 14.4 Å². The number of rotatable bonds is 12. The highest BCUT2D eigenvalue weighted by molar-refractivity contribution is 6.02. The third kappa shape index (κ3) is 8.63. The molecule has 1 aromatic carbocycles. The predicted octanol–water partition coefficient (Wildman–Crippen LogP) is -0.479. The monoisotopic (exact) mass is 378 g/mol. The van der Waals surface area contributed by atoms with E-state index in [2.05, 4.69) is 16.0 Å². The van der Waals surface area contributed by atoms with Crippen molar-refractivity contribution in [1.82, 2.24) is 10.6 Å². The first-order valence-corrected chi connectivity index (χ1v) is 9.13. The summed E-state index contributed by atoms with van der Waals surface area (Å²) in [5, 5.41) is 8.18. The molecule has 9 heteroatoms. The van der Waals surface area contributed by atoms with Crippen molar-refractivity contribution in [2.75, 3.05) is 38.0 Å². The molecule has 0 atom stereocenters. The lowest BCUT2D eigenvalue weighted by molar-refractivity contribution is -0.116. The molecule has 0 aliphatic rings. The van der Waals surface area contributed by atoms with Crippen molar-refractivity contribution in [3.05, 3.63) is 29.3 Å². The Labute approximate surface area is 159 Å². The summed E-state index contributed by atoms with van der Waals surface area (Å²) in [4.78, 5) is 36.6. The van der Waals surface area contributed by atoms with Gasteiger partial charge < -0.3 is 33.2 Å². The maximum Gasteiger partial charge on any atom is 0.251 e. The van der Waals surface area contributed by atoms with Crippen LogP contribution in [0.1, 0.15) is 46.4 Å². The molecule has 9 nitrogen and oxygen atoms in total. The summed E-state index contributed by atoms with van der Waals surface area (Å²) in [6.45, 7) is 2.20. The van der Waals surface area contributed by atoms with Crippen LogP contribution < -0.4 is 33.2 Å². The van der Waals surface area contributed by atoms with Crippen molar-refractivity contribution in [1.29, 1.82) is 0 Å². The molecule has 0 bridgehead atoms. The van der Waals surface area contributed by atoms with Crippen LogP contribution in [-0.2, 0) is 4.79 Å². The third-order valence-electron chi connectivity index (χ3n) is 3.68. The van der Waals surface area contributed by atoms with Crippen LogP contribution in [0.4, 0.5) is 5.69 Å². The second-order valence-electron chi connectivity index (χ2n) is 6.04. The molecule has 0 aromatic heterocycles. The van der Waals surface area contributed by atoms with Gasteiger partial charge in [0.05, 0.1) is 0 Å². The predicted molar refractivity (Wildman–Crippen MR) is 105 cm³/mol. The fourth-order valence-electron chi connectivity index (χ4n) is 2.26. The van der Waals surface area contributed by atoms with Gasteiger partial charge in [-0.15, -0.1) is 0 Å². The van der Waals surface area contributed by atoms with Crippen LogP contribution >= 0.6 is 0 Å². The second kappa shape index (κ2) is 12.8. The Balaban J connectivity index is 2.97. The SMILES string of the molecule is NCCCNC(=O)c1cc(NC(=O)CCCN)cc(C(=O)NCCCN)c1. The maximum absolute atomic E-state index is 12.3. The van der Waals surface area contributed by atoms with Gasteiger partial charge in [0.25, 0.3) is 11.8 Å². The van der Waals surface area contributed by atoms with Crippen molar-refractivity contribution < 1.29 is 14.4 Å². The van der Waals surface area contributed by atoms with Crippen molar-refractivity contribution >= 4 is 23.4 Å². The van der Waals surface area contributed by atoms with Gasteiger partial charge in [0.1, 0.15) is 0 Å². The molecule has 0 heterocycles. The molecule has 1 aromatic rings. The van der Waals surface area contributed by atoms with E-state index in [1.165, 1.54) is 18.2 Å². The summed E-state index contributed by atoms with van der Waals surface area (Å²) in [6, 6.07) is 4.56. The zero-order valence-corrected chi connectivity index (χ0v) is 15.6. The molecular formula is C18H30N6O3. The molecular weight excluding hydrogens is 348 g/mol. The van der Waals surface area contributed by atoms with E-state index in [-0.39, 0.29) is 35.3 Å². The minimum Gasteiger partial charge on any atom is -0.352 e. The van der Waals surface area contributed by atoms with Gasteiger partial charge in [-0.05, 0) is 57.1 Å². The fraction of sp³-hybridized carbons (Fsp3) is 0.500. The van der Waals surface area contributed by atoms with Crippen LogP contribution in [0.15, 0.2) is 18.2 Å². The first kappa shape index (κ1) is 22.6. The van der Waals surface area contributed by atoms with Crippen LogP contribution in [-0.4, -0.2) is 50.4 Å². The van der Waals surface area contributed by atoms with Crippen molar-refractivity contribution in [3.63, 3.8) is 0 Å². The van der Waals surface area contributed by atoms with Gasteiger partial charge in [-0.3, -0.25) is 14.4 Å². The van der Waals surface area contributed by atoms with E-state index in [1.807, 2.05) is 0 Å². The Bertz CT molecular complexity index is 595. The number of benzene rings is 1. The quantitative estimate of drug-likeness (QED) is 0.269. The highest BCUT2D eigenvalue weighted by Gasteiger charge is 2.14. The second-order valence-corrected chi connectivity index (χ2v) is 6.04. The fourth-order valence-corrected chi connectivity index (χ4v) is 2.26. The van der Waals surface area contributed by atoms with Crippen molar-refractivity contribution in [2.45, 2.75) is 25.7 Å². The summed E-state index contributed by atoms with van der Waals surface area (Å²) >= 11 is 0. The number of carbonyl (C=O) groups excluding carboxylic acids is 3. The summed E-state index contributed by atoms with van der Waals surface area (Å²) in [5.74, 6) is -0.898. The molecule has 0 saturated heterocycles. The lowest BCUT2D eigenvalue weighted by Gasteiger charge is -2.12. The van der Waals surface area contributed by atoms with Gasteiger partial charge in [0.2, 0.25) is 5.91 Å². The molecule has 27 heavy (non-hydrogen) atoms. The van der Waals surface area contributed by atoms with Gasteiger partial charge in [0, 0.05) is 36.3 Å². The molecule has 0 aliphatic carbocycles. The Hall–Kier alpha value is -2.49. The number of hydrogen-bond donors (Lipinski definition) is 6. The molecule has 0 fully saturated rings. The van der Waals surface area contributed by atoms with E-state index in [4.69, 9.17) is 17.2 Å². The maximum atomic E-state index is 12.3. The van der Waals surface area contributed by atoms with E-state index in [0.717, 1.165) is 0 Å². The zero-order valence-electron chi connectivity index (χ0n) is 15.6. The third-order valence-corrected chi connectivity index (χ3v) is 3.68. The first-order valence-electron chi connectivity index (χ1n) is 9.13. The number of carbonyl (C=O) groups is 3. The Kier molecular flexibility index (Phi) is 10.7. The molecule has 1 rings (SSSR count). The Morgan fingerprint density at radius 1 is 0.741 bits per heavy atom. The first-order chi connectivity index (χ1) is 13.0. The number of amides is 3. The van der Waals surface area contributed by atoms with Crippen LogP contribution in [0.3, 0.4) is 0 Å². The summed E-state index contributed by atoms with van der Waals surface area (Å²) < 4.78 is 0. The van der Waals surface area contributed by atoms with Crippen LogP contribution in [0, 0.1) is 0 Å². The van der Waals surface area contributed by atoms with Crippen molar-refractivity contribution in [3.8, 4) is 0 Å². The highest BCUT2D eigenvalue weighted by Crippen LogP contribution is 2.16. The number of hydrogen-bond acceptors (Lipinski definition) is 6. The smallest absolute Gasteiger partial charge is 0.251 e. The molecule has 0 radical (unpaired) electrons. The van der Waals surface area contributed by atoms with Gasteiger partial charge in [-0.2, -0.15) is 0 Å². The van der Waals surface area contributed by atoms with E-state index in [0.29, 0.717) is 57.7 Å². The highest BCUT2D eigenvalue weighted by atomic mass is 16.2. The average Bonchev–Trinajstić information content (AvgIpc) is 2.66. The largest absolute Gasteiger partial charge is 0.352 e. The standard InChI is InChI=1S/C18H30N6O3/c19-5-1-4-16(25)24-15-11-13(17(26)22-8-2-6-20)10-14(12-15)18(27)23-9-3-7-21/h10-12H,1-9,19-21H2,(H,22,26)(H,23,27)(H,24,25). The lowest BCUT2D eigenvalue weighted by Crippen LogP contribution is -2.28.